The van der Waals surface area contributed by atoms with Crippen molar-refractivity contribution in [3.05, 3.63) is 12.3 Å². The van der Waals surface area contributed by atoms with Crippen LogP contribution < -0.4 is 10.2 Å². The van der Waals surface area contributed by atoms with Crippen LogP contribution in [0.4, 0.5) is 24.1 Å². The summed E-state index contributed by atoms with van der Waals surface area (Å²) in [5.41, 5.74) is 0.648. The molecule has 0 radical (unpaired) electrons. The molecule has 1 amide bonds. The number of fused-ring (bicyclic) bond motifs is 1. The Morgan fingerprint density at radius 1 is 1.32 bits per heavy atom. The van der Waals surface area contributed by atoms with Crippen molar-refractivity contribution in [2.24, 2.45) is 11.8 Å². The Kier molecular flexibility index (Phi) is 4.05. The molecule has 0 aromatic carbocycles. The van der Waals surface area contributed by atoms with E-state index in [1.165, 1.54) is 11.3 Å². The molecule has 0 spiro atoms. The second kappa shape index (κ2) is 6.12. The van der Waals surface area contributed by atoms with E-state index < -0.39 is 12.1 Å². The summed E-state index contributed by atoms with van der Waals surface area (Å²) < 4.78 is 39.8. The SMILES string of the molecule is O=C(Nc1nccc2nc(N3CCC[C@H](C(F)(F)F)C3)sc12)C1CC1. The van der Waals surface area contributed by atoms with Crippen LogP contribution in [0.2, 0.25) is 0 Å². The Bertz CT molecular complexity index is 802. The first kappa shape index (κ1) is 16.6. The third-order valence-electron chi connectivity index (χ3n) is 4.64. The standard InChI is InChI=1S/C16H17F3N4OS/c17-16(18,19)10-2-1-7-23(8-10)15-21-11-5-6-20-13(12(11)25-15)22-14(24)9-3-4-9/h5-6,9-10H,1-4,7-8H2,(H,20,22,24)/t10-/m0/s1. The number of amides is 1. The summed E-state index contributed by atoms with van der Waals surface area (Å²) in [6.07, 6.45) is -0.188. The van der Waals surface area contributed by atoms with E-state index in [1.807, 2.05) is 0 Å². The molecule has 1 atom stereocenters. The number of anilines is 2. The van der Waals surface area contributed by atoms with Gasteiger partial charge >= 0.3 is 6.18 Å². The maximum absolute atomic E-state index is 13.0. The van der Waals surface area contributed by atoms with Gasteiger partial charge < -0.3 is 10.2 Å². The van der Waals surface area contributed by atoms with Crippen LogP contribution in [0, 0.1) is 11.8 Å². The molecule has 1 aliphatic carbocycles. The molecule has 3 heterocycles. The Labute approximate surface area is 146 Å². The number of thiazole rings is 1. The fourth-order valence-corrected chi connectivity index (χ4v) is 4.09. The van der Waals surface area contributed by atoms with Crippen molar-refractivity contribution >= 4 is 38.4 Å². The third kappa shape index (κ3) is 3.42. The molecular weight excluding hydrogens is 353 g/mol. The highest BCUT2D eigenvalue weighted by molar-refractivity contribution is 7.22. The van der Waals surface area contributed by atoms with Gasteiger partial charge in [0.2, 0.25) is 5.91 Å². The summed E-state index contributed by atoms with van der Waals surface area (Å²) in [5, 5.41) is 3.37. The van der Waals surface area contributed by atoms with Crippen LogP contribution in [0.25, 0.3) is 10.2 Å². The maximum atomic E-state index is 13.0. The van der Waals surface area contributed by atoms with E-state index in [2.05, 4.69) is 15.3 Å². The average Bonchev–Trinajstić information content (AvgIpc) is 3.33. The molecule has 1 saturated heterocycles. The summed E-state index contributed by atoms with van der Waals surface area (Å²) in [7, 11) is 0. The molecule has 1 saturated carbocycles. The molecular formula is C16H17F3N4OS. The van der Waals surface area contributed by atoms with E-state index >= 15 is 0 Å². The Hall–Kier alpha value is -1.90. The van der Waals surface area contributed by atoms with Gasteiger partial charge in [-0.15, -0.1) is 0 Å². The number of alkyl halides is 3. The Morgan fingerprint density at radius 3 is 2.84 bits per heavy atom. The number of rotatable bonds is 3. The number of pyridine rings is 1. The van der Waals surface area contributed by atoms with Gasteiger partial charge in [0, 0.05) is 25.2 Å². The lowest BCUT2D eigenvalue weighted by atomic mass is 9.98. The molecule has 0 bridgehead atoms. The summed E-state index contributed by atoms with van der Waals surface area (Å²) in [6, 6.07) is 1.72. The van der Waals surface area contributed by atoms with Crippen molar-refractivity contribution in [2.75, 3.05) is 23.3 Å². The molecule has 1 N–H and O–H groups in total. The second-order valence-electron chi connectivity index (χ2n) is 6.59. The number of piperidine rings is 1. The zero-order chi connectivity index (χ0) is 17.6. The number of carbonyl (C=O) groups is 1. The van der Waals surface area contributed by atoms with Crippen molar-refractivity contribution in [2.45, 2.75) is 31.9 Å². The highest BCUT2D eigenvalue weighted by atomic mass is 32.1. The highest BCUT2D eigenvalue weighted by Gasteiger charge is 2.42. The topological polar surface area (TPSA) is 58.1 Å². The first-order valence-electron chi connectivity index (χ1n) is 8.30. The number of hydrogen-bond acceptors (Lipinski definition) is 5. The number of nitrogens with zero attached hydrogens (tertiary/aromatic N) is 3. The van der Waals surface area contributed by atoms with E-state index in [9.17, 15) is 18.0 Å². The van der Waals surface area contributed by atoms with E-state index in [-0.39, 0.29) is 24.8 Å². The third-order valence-corrected chi connectivity index (χ3v) is 5.78. The number of carbonyl (C=O) groups excluding carboxylic acids is 1. The lowest BCUT2D eigenvalue weighted by Crippen LogP contribution is -2.41. The predicted molar refractivity (Wildman–Crippen MR) is 89.8 cm³/mol. The molecule has 9 heteroatoms. The van der Waals surface area contributed by atoms with Gasteiger partial charge in [-0.2, -0.15) is 13.2 Å². The van der Waals surface area contributed by atoms with Gasteiger partial charge in [-0.1, -0.05) is 11.3 Å². The minimum atomic E-state index is -4.18. The van der Waals surface area contributed by atoms with Gasteiger partial charge in [0.15, 0.2) is 10.9 Å². The molecule has 134 valence electrons. The van der Waals surface area contributed by atoms with Crippen LogP contribution >= 0.6 is 11.3 Å². The monoisotopic (exact) mass is 370 g/mol. The largest absolute Gasteiger partial charge is 0.393 e. The van der Waals surface area contributed by atoms with Gasteiger partial charge in [-0.05, 0) is 31.7 Å². The summed E-state index contributed by atoms with van der Waals surface area (Å²) in [6.45, 7) is 0.490. The Morgan fingerprint density at radius 2 is 2.12 bits per heavy atom. The minimum absolute atomic E-state index is 0.0509. The molecule has 0 unspecified atom stereocenters. The van der Waals surface area contributed by atoms with Crippen LogP contribution in [0.5, 0.6) is 0 Å². The molecule has 4 rings (SSSR count). The molecule has 1 aliphatic heterocycles. The molecule has 2 aliphatic rings. The van der Waals surface area contributed by atoms with Crippen molar-refractivity contribution in [1.82, 2.24) is 9.97 Å². The van der Waals surface area contributed by atoms with E-state index in [0.29, 0.717) is 34.1 Å². The number of hydrogen-bond donors (Lipinski definition) is 1. The van der Waals surface area contributed by atoms with Gasteiger partial charge in [0.25, 0.3) is 0 Å². The van der Waals surface area contributed by atoms with E-state index in [1.54, 1.807) is 17.2 Å². The number of halogens is 3. The first-order chi connectivity index (χ1) is 11.9. The lowest BCUT2D eigenvalue weighted by molar-refractivity contribution is -0.176. The van der Waals surface area contributed by atoms with Gasteiger partial charge in [-0.3, -0.25) is 4.79 Å². The highest BCUT2D eigenvalue weighted by Crippen LogP contribution is 2.39. The second-order valence-corrected chi connectivity index (χ2v) is 7.57. The maximum Gasteiger partial charge on any atom is 0.393 e. The summed E-state index contributed by atoms with van der Waals surface area (Å²) in [4.78, 5) is 22.3. The van der Waals surface area contributed by atoms with Crippen LogP contribution in [0.15, 0.2) is 12.3 Å². The van der Waals surface area contributed by atoms with Crippen LogP contribution in [0.3, 0.4) is 0 Å². The summed E-state index contributed by atoms with van der Waals surface area (Å²) in [5.74, 6) is -0.868. The molecule has 2 fully saturated rings. The van der Waals surface area contributed by atoms with Gasteiger partial charge in [0.1, 0.15) is 0 Å². The molecule has 2 aromatic rings. The fraction of sp³-hybridized carbons (Fsp3) is 0.562. The fourth-order valence-electron chi connectivity index (χ4n) is 3.05. The number of aromatic nitrogens is 2. The van der Waals surface area contributed by atoms with Crippen LogP contribution in [-0.4, -0.2) is 35.1 Å². The normalized spacial score (nSPS) is 21.6. The van der Waals surface area contributed by atoms with E-state index in [4.69, 9.17) is 0 Å². The smallest absolute Gasteiger partial charge is 0.347 e. The van der Waals surface area contributed by atoms with E-state index in [0.717, 1.165) is 12.8 Å². The van der Waals surface area contributed by atoms with Crippen LogP contribution in [-0.2, 0) is 4.79 Å². The van der Waals surface area contributed by atoms with Crippen molar-refractivity contribution in [3.63, 3.8) is 0 Å². The lowest BCUT2D eigenvalue weighted by Gasteiger charge is -2.33. The zero-order valence-corrected chi connectivity index (χ0v) is 14.2. The molecule has 5 nitrogen and oxygen atoms in total. The average molecular weight is 370 g/mol. The van der Waals surface area contributed by atoms with Crippen molar-refractivity contribution in [3.8, 4) is 0 Å². The van der Waals surface area contributed by atoms with Crippen molar-refractivity contribution in [1.29, 1.82) is 0 Å². The zero-order valence-electron chi connectivity index (χ0n) is 13.3. The molecule has 2 aromatic heterocycles. The summed E-state index contributed by atoms with van der Waals surface area (Å²) >= 11 is 1.29. The predicted octanol–water partition coefficient (Wildman–Crippen LogP) is 3.82. The Balaban J connectivity index is 1.59. The quantitative estimate of drug-likeness (QED) is 0.892. The first-order valence-corrected chi connectivity index (χ1v) is 9.11. The van der Waals surface area contributed by atoms with Gasteiger partial charge in [-0.25, -0.2) is 9.97 Å². The molecule has 25 heavy (non-hydrogen) atoms. The van der Waals surface area contributed by atoms with Gasteiger partial charge in [0.05, 0.1) is 16.1 Å². The van der Waals surface area contributed by atoms with Crippen LogP contribution in [0.1, 0.15) is 25.7 Å². The van der Waals surface area contributed by atoms with Crippen molar-refractivity contribution < 1.29 is 18.0 Å². The number of nitrogens with one attached hydrogen (secondary N) is 1. The minimum Gasteiger partial charge on any atom is -0.347 e.